The van der Waals surface area contributed by atoms with Crippen LogP contribution in [-0.2, 0) is 54.0 Å². The largest absolute Gasteiger partial charge is 0.444 e. The van der Waals surface area contributed by atoms with Crippen molar-refractivity contribution >= 4 is 86.2 Å². The minimum Gasteiger partial charge on any atom is -0.444 e. The molecule has 0 aliphatic carbocycles. The van der Waals surface area contributed by atoms with Gasteiger partial charge in [-0.05, 0) is 220 Å². The van der Waals surface area contributed by atoms with Crippen molar-refractivity contribution in [1.82, 2.24) is 39.6 Å². The van der Waals surface area contributed by atoms with Crippen LogP contribution in [0.3, 0.4) is 0 Å². The van der Waals surface area contributed by atoms with E-state index in [4.69, 9.17) is 61.6 Å². The highest BCUT2D eigenvalue weighted by Crippen LogP contribution is 2.30. The first-order valence-corrected chi connectivity index (χ1v) is 34.3. The first-order valence-electron chi connectivity index (χ1n) is 32.0. The van der Waals surface area contributed by atoms with Gasteiger partial charge in [-0.25, -0.2) is 54.1 Å². The van der Waals surface area contributed by atoms with Gasteiger partial charge in [-0.1, -0.05) is 74.5 Å². The number of nitrogens with two attached hydrogens (primary N) is 1. The lowest BCUT2D eigenvalue weighted by Gasteiger charge is -2.33. The Bertz CT molecular complexity index is 3760. The van der Waals surface area contributed by atoms with E-state index in [0.29, 0.717) is 78.0 Å². The minimum atomic E-state index is -1.02. The molecule has 542 valence electrons. The molecule has 2 aromatic heterocycles. The van der Waals surface area contributed by atoms with Crippen LogP contribution in [0.4, 0.5) is 50.5 Å². The fraction of sp³-hybridized carbons (Fsp3) is 0.471. The van der Waals surface area contributed by atoms with E-state index in [1.165, 1.54) is 75.6 Å². The second kappa shape index (κ2) is 38.9. The van der Waals surface area contributed by atoms with Gasteiger partial charge in [-0.2, -0.15) is 10.2 Å². The molecule has 0 saturated carbocycles. The Hall–Kier alpha value is -6.77. The molecule has 6 aromatic rings. The van der Waals surface area contributed by atoms with Gasteiger partial charge in [0.15, 0.2) is 46.5 Å². The molecule has 4 fully saturated rings. The third-order valence-electron chi connectivity index (χ3n) is 15.8. The number of hydrogen-bond acceptors (Lipinski definition) is 11. The molecule has 6 heterocycles. The van der Waals surface area contributed by atoms with Crippen LogP contribution in [0.5, 0.6) is 0 Å². The van der Waals surface area contributed by atoms with Crippen LogP contribution >= 0.6 is 62.3 Å². The van der Waals surface area contributed by atoms with E-state index in [9.17, 15) is 59.1 Å². The van der Waals surface area contributed by atoms with Crippen LogP contribution in [0.25, 0.3) is 0 Å². The summed E-state index contributed by atoms with van der Waals surface area (Å²) < 4.78 is 118. The standard InChI is InChI=1S/C19H20ClF2N3O2.C17H22ClF2NO2.C12H14ClF2N.C11H19NO2.C6H2BrClF2.C5H7N3O/c1-24-17(26)3-2-14(23-24)11-18(27)25-6-4-12(5-7-25)8-13-9-15(20)19(22)16(21)10-13;1-17(2,3)23-16(22)21-6-4-11(5-7-21)8-12-9-13(18)15(20)14(19)10-12;13-10-6-9(7-11(14)12(10)15)5-8-1-3-16-4-2-8;1-9-5-7-12(8-6-9)10(13)14-11(2,3)4;7-3-1-4(8)6(10)5(9)2-3;1-8-5(9)3-2-4(6)7-8/h2-3,9-10,12H,4-8,11H2,1H3;9-11H,4-8H2,1-3H3;6-8,16H,1-5H2;1,5-8H2,2-4H3;1-2H;2-3H,1H3,(H2,6,7). The Labute approximate surface area is 600 Å². The highest BCUT2D eigenvalue weighted by Gasteiger charge is 2.29. The lowest BCUT2D eigenvalue weighted by Crippen LogP contribution is -2.42. The lowest BCUT2D eigenvalue weighted by atomic mass is 9.90. The molecule has 0 radical (unpaired) electrons. The van der Waals surface area contributed by atoms with Crippen molar-refractivity contribution in [2.24, 2.45) is 31.8 Å². The number of nitrogen functional groups attached to an aromatic ring is 1. The van der Waals surface area contributed by atoms with Gasteiger partial charge < -0.3 is 35.2 Å². The summed E-state index contributed by atoms with van der Waals surface area (Å²) >= 11 is 25.2. The zero-order valence-corrected chi connectivity index (χ0v) is 61.1. The van der Waals surface area contributed by atoms with Crippen LogP contribution in [0.15, 0.2) is 99.0 Å². The van der Waals surface area contributed by atoms with Crippen LogP contribution in [0.1, 0.15) is 115 Å². The molecule has 4 aliphatic rings. The number of halogens is 13. The van der Waals surface area contributed by atoms with E-state index in [1.807, 2.05) is 41.5 Å². The molecule has 10 rings (SSSR count). The Morgan fingerprint density at radius 3 is 1.25 bits per heavy atom. The second-order valence-electron chi connectivity index (χ2n) is 26.2. The number of piperidine rings is 4. The number of nitrogens with zero attached hydrogens (tertiary/aromatic N) is 7. The van der Waals surface area contributed by atoms with Gasteiger partial charge in [0.1, 0.15) is 17.0 Å². The molecule has 99 heavy (non-hydrogen) atoms. The number of hydrogen-bond donors (Lipinski definition) is 2. The lowest BCUT2D eigenvalue weighted by molar-refractivity contribution is -0.131. The summed E-state index contributed by atoms with van der Waals surface area (Å²) in [5.41, 5.74) is 7.91. The zero-order chi connectivity index (χ0) is 73.6. The van der Waals surface area contributed by atoms with Gasteiger partial charge >= 0.3 is 12.2 Å². The van der Waals surface area contributed by atoms with Gasteiger partial charge in [0.2, 0.25) is 5.91 Å². The third-order valence-corrected chi connectivity index (χ3v) is 17.4. The van der Waals surface area contributed by atoms with Gasteiger partial charge in [-0.3, -0.25) is 14.4 Å². The predicted molar refractivity (Wildman–Crippen MR) is 373 cm³/mol. The summed E-state index contributed by atoms with van der Waals surface area (Å²) in [6, 6.07) is 16.2. The van der Waals surface area contributed by atoms with Crippen molar-refractivity contribution in [3.05, 3.63) is 199 Å². The molecule has 4 aromatic carbocycles. The molecular weight excluding hydrogens is 1450 g/mol. The molecular formula is C70H84BrCl4F8N9O7. The molecule has 3 N–H and O–H groups in total. The van der Waals surface area contributed by atoms with Crippen molar-refractivity contribution in [1.29, 1.82) is 0 Å². The van der Waals surface area contributed by atoms with Gasteiger partial charge in [0.25, 0.3) is 11.1 Å². The molecule has 0 bridgehead atoms. The second-order valence-corrected chi connectivity index (χ2v) is 28.8. The number of benzene rings is 4. The minimum absolute atomic E-state index is 0.0320. The quantitative estimate of drug-likeness (QED) is 0.0639. The molecule has 29 heteroatoms. The van der Waals surface area contributed by atoms with E-state index in [-0.39, 0.29) is 61.6 Å². The highest BCUT2D eigenvalue weighted by molar-refractivity contribution is 9.10. The van der Waals surface area contributed by atoms with Crippen molar-refractivity contribution in [3.63, 3.8) is 0 Å². The van der Waals surface area contributed by atoms with Crippen LogP contribution in [-0.4, -0.2) is 116 Å². The van der Waals surface area contributed by atoms with E-state index in [2.05, 4.69) is 38.0 Å². The number of ether oxygens (including phenoxy) is 2. The Balaban J connectivity index is 0.000000223. The normalized spacial score (nSPS) is 15.3. The summed E-state index contributed by atoms with van der Waals surface area (Å²) in [6.07, 6.45) is 8.77. The Kier molecular flexibility index (Phi) is 32.5. The molecule has 16 nitrogen and oxygen atoms in total. The van der Waals surface area contributed by atoms with Crippen LogP contribution < -0.4 is 22.2 Å². The van der Waals surface area contributed by atoms with E-state index in [0.717, 1.165) is 95.6 Å². The number of rotatable bonds is 8. The summed E-state index contributed by atoms with van der Waals surface area (Å²) in [5.74, 6) is -6.16. The molecule has 0 spiro atoms. The number of anilines is 1. The number of likely N-dealkylation sites (tertiary alicyclic amines) is 3. The van der Waals surface area contributed by atoms with Gasteiger partial charge in [0, 0.05) is 70.0 Å². The highest BCUT2D eigenvalue weighted by atomic mass is 79.9. The fourth-order valence-electron chi connectivity index (χ4n) is 10.6. The first kappa shape index (κ1) is 82.9. The monoisotopic (exact) mass is 1530 g/mol. The molecule has 0 unspecified atom stereocenters. The number of carbonyl (C=O) groups excluding carboxylic acids is 3. The maximum Gasteiger partial charge on any atom is 0.410 e. The number of nitrogens with one attached hydrogen (secondary N) is 1. The number of amides is 3. The number of aromatic nitrogens is 4. The van der Waals surface area contributed by atoms with Crippen molar-refractivity contribution in [3.8, 4) is 0 Å². The van der Waals surface area contributed by atoms with Crippen molar-refractivity contribution in [2.45, 2.75) is 130 Å². The van der Waals surface area contributed by atoms with E-state index >= 15 is 0 Å². The van der Waals surface area contributed by atoms with Gasteiger partial charge in [0.05, 0.1) is 32.2 Å². The van der Waals surface area contributed by atoms with Gasteiger partial charge in [-0.15, -0.1) is 0 Å². The van der Waals surface area contributed by atoms with Crippen molar-refractivity contribution < 1.29 is 59.0 Å². The Morgan fingerprint density at radius 1 is 0.535 bits per heavy atom. The maximum atomic E-state index is 13.5. The van der Waals surface area contributed by atoms with E-state index < -0.39 is 57.7 Å². The Morgan fingerprint density at radius 2 is 0.889 bits per heavy atom. The first-order chi connectivity index (χ1) is 46.3. The predicted octanol–water partition coefficient (Wildman–Crippen LogP) is 16.0. The van der Waals surface area contributed by atoms with E-state index in [1.54, 1.807) is 34.9 Å². The SMILES string of the molecule is C=C1CCN(C(=O)OC(C)(C)C)CC1.CC(C)(C)OC(=O)N1CCC(Cc2cc(F)c(F)c(Cl)c2)CC1.Cn1nc(CC(=O)N2CCC(Cc3cc(F)c(F)c(Cl)c3)CC2)ccc1=O.Cn1nc(N)ccc1=O.Fc1cc(Br)cc(Cl)c1F.Fc1cc(CC2CCNCC2)cc(Cl)c1F. The smallest absolute Gasteiger partial charge is 0.410 e. The molecule has 4 aliphatic heterocycles. The summed E-state index contributed by atoms with van der Waals surface area (Å²) in [6.45, 7) is 21.0. The number of carbonyl (C=O) groups is 3. The molecule has 4 saturated heterocycles. The van der Waals surface area contributed by atoms with Crippen LogP contribution in [0.2, 0.25) is 20.1 Å². The fourth-order valence-corrected chi connectivity index (χ4v) is 12.0. The van der Waals surface area contributed by atoms with Crippen LogP contribution in [0, 0.1) is 64.3 Å². The average Bonchev–Trinajstić information content (AvgIpc) is 0.936. The van der Waals surface area contributed by atoms with Crippen molar-refractivity contribution in [2.75, 3.05) is 58.1 Å². The third kappa shape index (κ3) is 28.6. The summed E-state index contributed by atoms with van der Waals surface area (Å²) in [5, 5.41) is 10.3. The number of aryl methyl sites for hydroxylation is 2. The summed E-state index contributed by atoms with van der Waals surface area (Å²) in [4.78, 5) is 63.2. The molecule has 3 amide bonds. The zero-order valence-electron chi connectivity index (χ0n) is 56.5. The summed E-state index contributed by atoms with van der Waals surface area (Å²) in [7, 11) is 3.10. The maximum absolute atomic E-state index is 13.5. The average molecular weight is 1540 g/mol. The molecule has 0 atom stereocenters. The topological polar surface area (TPSA) is 187 Å².